The van der Waals surface area contributed by atoms with Crippen LogP contribution in [-0.4, -0.2) is 52.3 Å². The van der Waals surface area contributed by atoms with E-state index in [9.17, 15) is 18.3 Å². The van der Waals surface area contributed by atoms with Gasteiger partial charge in [0.05, 0.1) is 6.10 Å². The average Bonchev–Trinajstić information content (AvgIpc) is 2.89. The standard InChI is InChI=1S/C26H31N3O7S/c27-13-15-34-23-3-1-2-20(16-23)25(30)17-29-14-12-19-4-10-24(11-5-19)37(32,33)36-22-8-6-21(7-9-22)35-18-26(28)31/h1-11,16,25,29-30H,12-15,17-18,27H2,(H2,28,31). The molecular formula is C26H31N3O7S. The van der Waals surface area contributed by atoms with Gasteiger partial charge in [-0.15, -0.1) is 0 Å². The largest absolute Gasteiger partial charge is 0.492 e. The molecular weight excluding hydrogens is 498 g/mol. The van der Waals surface area contributed by atoms with Gasteiger partial charge in [0.25, 0.3) is 5.91 Å². The lowest BCUT2D eigenvalue weighted by atomic mass is 10.1. The molecule has 0 saturated carbocycles. The number of nitrogens with two attached hydrogens (primary N) is 2. The van der Waals surface area contributed by atoms with Crippen molar-refractivity contribution < 1.29 is 32.0 Å². The molecule has 0 fully saturated rings. The van der Waals surface area contributed by atoms with E-state index in [1.165, 1.54) is 36.4 Å². The molecule has 0 spiro atoms. The van der Waals surface area contributed by atoms with Gasteiger partial charge in [0.2, 0.25) is 0 Å². The number of amides is 1. The zero-order chi connectivity index (χ0) is 26.7. The van der Waals surface area contributed by atoms with Crippen molar-refractivity contribution in [1.82, 2.24) is 5.32 Å². The summed E-state index contributed by atoms with van der Waals surface area (Å²) in [6.45, 7) is 1.49. The van der Waals surface area contributed by atoms with Gasteiger partial charge in [-0.05, 0) is 72.6 Å². The number of nitrogens with one attached hydrogen (secondary N) is 1. The van der Waals surface area contributed by atoms with Crippen LogP contribution in [0.25, 0.3) is 0 Å². The van der Waals surface area contributed by atoms with Crippen molar-refractivity contribution in [3.63, 3.8) is 0 Å². The second kappa shape index (κ2) is 13.6. The van der Waals surface area contributed by atoms with Crippen molar-refractivity contribution in [2.45, 2.75) is 17.4 Å². The van der Waals surface area contributed by atoms with Crippen LogP contribution in [0.15, 0.2) is 77.7 Å². The van der Waals surface area contributed by atoms with E-state index in [1.807, 2.05) is 18.2 Å². The third kappa shape index (κ3) is 9.07. The van der Waals surface area contributed by atoms with Crippen molar-refractivity contribution in [2.24, 2.45) is 11.5 Å². The van der Waals surface area contributed by atoms with E-state index in [0.717, 1.165) is 11.1 Å². The van der Waals surface area contributed by atoms with Gasteiger partial charge in [-0.3, -0.25) is 4.79 Å². The van der Waals surface area contributed by atoms with Crippen LogP contribution in [0.5, 0.6) is 17.2 Å². The van der Waals surface area contributed by atoms with Crippen LogP contribution in [0.4, 0.5) is 0 Å². The van der Waals surface area contributed by atoms with Crippen LogP contribution in [0.1, 0.15) is 17.2 Å². The van der Waals surface area contributed by atoms with Gasteiger partial charge in [-0.2, -0.15) is 8.42 Å². The predicted molar refractivity (Wildman–Crippen MR) is 138 cm³/mol. The number of primary amides is 1. The Morgan fingerprint density at radius 1 is 0.946 bits per heavy atom. The number of carbonyl (C=O) groups is 1. The molecule has 3 aromatic rings. The first-order valence-electron chi connectivity index (χ1n) is 11.6. The highest BCUT2D eigenvalue weighted by molar-refractivity contribution is 7.87. The summed E-state index contributed by atoms with van der Waals surface area (Å²) in [6.07, 6.45) is -0.0600. The Morgan fingerprint density at radius 2 is 1.65 bits per heavy atom. The highest BCUT2D eigenvalue weighted by Crippen LogP contribution is 2.22. The molecule has 10 nitrogen and oxygen atoms in total. The topological polar surface area (TPSA) is 163 Å². The lowest BCUT2D eigenvalue weighted by Crippen LogP contribution is -2.23. The highest BCUT2D eigenvalue weighted by atomic mass is 32.2. The second-order valence-corrected chi connectivity index (χ2v) is 9.63. The molecule has 0 aromatic heterocycles. The summed E-state index contributed by atoms with van der Waals surface area (Å²) in [5.41, 5.74) is 12.1. The number of aliphatic hydroxyl groups excluding tert-OH is 1. The fourth-order valence-corrected chi connectivity index (χ4v) is 4.25. The molecule has 0 bridgehead atoms. The molecule has 6 N–H and O–H groups in total. The van der Waals surface area contributed by atoms with Gasteiger partial charge in [-0.25, -0.2) is 0 Å². The van der Waals surface area contributed by atoms with Crippen LogP contribution in [0, 0.1) is 0 Å². The molecule has 1 amide bonds. The summed E-state index contributed by atoms with van der Waals surface area (Å²) in [5.74, 6) is 0.510. The SMILES string of the molecule is NCCOc1cccc(C(O)CNCCc2ccc(S(=O)(=O)Oc3ccc(OCC(N)=O)cc3)cc2)c1. The zero-order valence-corrected chi connectivity index (χ0v) is 21.0. The van der Waals surface area contributed by atoms with Crippen LogP contribution in [0.2, 0.25) is 0 Å². The molecule has 0 heterocycles. The van der Waals surface area contributed by atoms with Gasteiger partial charge in [0.15, 0.2) is 6.61 Å². The molecule has 3 aromatic carbocycles. The summed E-state index contributed by atoms with van der Waals surface area (Å²) in [4.78, 5) is 10.8. The third-order valence-corrected chi connectivity index (χ3v) is 6.44. The Kier molecular flexibility index (Phi) is 10.3. The Bertz CT molecular complexity index is 1250. The minimum Gasteiger partial charge on any atom is -0.492 e. The lowest BCUT2D eigenvalue weighted by Gasteiger charge is -2.14. The smallest absolute Gasteiger partial charge is 0.339 e. The maximum absolute atomic E-state index is 12.6. The first-order valence-corrected chi connectivity index (χ1v) is 13.0. The number of hydrogen-bond donors (Lipinski definition) is 4. The minimum absolute atomic E-state index is 0.0189. The van der Waals surface area contributed by atoms with Gasteiger partial charge in [-0.1, -0.05) is 24.3 Å². The van der Waals surface area contributed by atoms with E-state index in [-0.39, 0.29) is 17.3 Å². The molecule has 198 valence electrons. The second-order valence-electron chi connectivity index (χ2n) is 8.09. The van der Waals surface area contributed by atoms with Crippen LogP contribution >= 0.6 is 0 Å². The normalized spacial score (nSPS) is 12.1. The number of aliphatic hydroxyl groups is 1. The Labute approximate surface area is 216 Å². The van der Waals surface area contributed by atoms with Crippen LogP contribution in [-0.2, 0) is 21.3 Å². The molecule has 3 rings (SSSR count). The Balaban J connectivity index is 1.46. The number of rotatable bonds is 15. The van der Waals surface area contributed by atoms with Crippen molar-refractivity contribution in [3.05, 3.63) is 83.9 Å². The molecule has 0 saturated heterocycles. The summed E-state index contributed by atoms with van der Waals surface area (Å²) >= 11 is 0. The molecule has 1 unspecified atom stereocenters. The molecule has 11 heteroatoms. The molecule has 0 aliphatic heterocycles. The number of ether oxygens (including phenoxy) is 2. The lowest BCUT2D eigenvalue weighted by molar-refractivity contribution is -0.119. The van der Waals surface area contributed by atoms with Crippen LogP contribution < -0.4 is 30.4 Å². The maximum atomic E-state index is 12.6. The highest BCUT2D eigenvalue weighted by Gasteiger charge is 2.17. The summed E-state index contributed by atoms with van der Waals surface area (Å²) in [7, 11) is -4.03. The van der Waals surface area contributed by atoms with E-state index in [1.54, 1.807) is 18.2 Å². The third-order valence-electron chi connectivity index (χ3n) is 5.18. The van der Waals surface area contributed by atoms with E-state index in [4.69, 9.17) is 25.1 Å². The van der Waals surface area contributed by atoms with Crippen molar-refractivity contribution in [1.29, 1.82) is 0 Å². The van der Waals surface area contributed by atoms with Crippen molar-refractivity contribution in [2.75, 3.05) is 32.8 Å². The van der Waals surface area contributed by atoms with E-state index < -0.39 is 22.1 Å². The van der Waals surface area contributed by atoms with E-state index >= 15 is 0 Å². The summed E-state index contributed by atoms with van der Waals surface area (Å²) < 4.78 is 41.0. The molecule has 0 aliphatic carbocycles. The zero-order valence-electron chi connectivity index (χ0n) is 20.2. The van der Waals surface area contributed by atoms with Gasteiger partial charge >= 0.3 is 10.1 Å². The first-order chi connectivity index (χ1) is 17.8. The average molecular weight is 530 g/mol. The number of hydrogen-bond acceptors (Lipinski definition) is 9. The predicted octanol–water partition coefficient (Wildman–Crippen LogP) is 1.52. The molecule has 0 aliphatic rings. The fourth-order valence-electron chi connectivity index (χ4n) is 3.32. The van der Waals surface area contributed by atoms with Crippen LogP contribution in [0.3, 0.4) is 0 Å². The van der Waals surface area contributed by atoms with Crippen molar-refractivity contribution >= 4 is 16.0 Å². The number of benzene rings is 3. The monoisotopic (exact) mass is 529 g/mol. The maximum Gasteiger partial charge on any atom is 0.339 e. The first kappa shape index (κ1) is 27.9. The van der Waals surface area contributed by atoms with Crippen molar-refractivity contribution in [3.8, 4) is 17.2 Å². The Hall–Kier alpha value is -3.64. The number of carbonyl (C=O) groups excluding carboxylic acids is 1. The van der Waals surface area contributed by atoms with Gasteiger partial charge in [0, 0.05) is 13.1 Å². The Morgan fingerprint density at radius 3 is 2.32 bits per heavy atom. The van der Waals surface area contributed by atoms with Gasteiger partial charge < -0.3 is 35.5 Å². The van der Waals surface area contributed by atoms with E-state index in [0.29, 0.717) is 44.2 Å². The summed E-state index contributed by atoms with van der Waals surface area (Å²) in [6, 6.07) is 19.4. The molecule has 37 heavy (non-hydrogen) atoms. The molecule has 0 radical (unpaired) electrons. The summed E-state index contributed by atoms with van der Waals surface area (Å²) in [5, 5.41) is 13.6. The quantitative estimate of drug-likeness (QED) is 0.169. The molecule has 1 atom stereocenters. The van der Waals surface area contributed by atoms with E-state index in [2.05, 4.69) is 5.32 Å². The van der Waals surface area contributed by atoms with Gasteiger partial charge in [0.1, 0.15) is 28.8 Å². The fraction of sp³-hybridized carbons (Fsp3) is 0.269. The minimum atomic E-state index is -4.03.